The number of rotatable bonds is 5. The summed E-state index contributed by atoms with van der Waals surface area (Å²) in [5.41, 5.74) is 1.86. The van der Waals surface area contributed by atoms with Crippen LogP contribution in [0.5, 0.6) is 0 Å². The molecule has 21 heavy (non-hydrogen) atoms. The Labute approximate surface area is 125 Å². The second-order valence-electron chi connectivity index (χ2n) is 5.64. The van der Waals surface area contributed by atoms with Crippen LogP contribution in [0.1, 0.15) is 37.3 Å². The van der Waals surface area contributed by atoms with Gasteiger partial charge in [0.05, 0.1) is 12.5 Å². The van der Waals surface area contributed by atoms with Crippen LogP contribution in [0, 0.1) is 0 Å². The second kappa shape index (κ2) is 6.72. The minimum Gasteiger partial charge on any atom is -0.481 e. The summed E-state index contributed by atoms with van der Waals surface area (Å²) in [6.45, 7) is 5.21. The minimum absolute atomic E-state index is 0.0483. The van der Waals surface area contributed by atoms with Gasteiger partial charge in [0.1, 0.15) is 0 Å². The Bertz CT molecular complexity index is 530. The molecular formula is C16H22N2O3. The Balaban J connectivity index is 2.07. The molecule has 1 amide bonds. The van der Waals surface area contributed by atoms with Crippen molar-refractivity contribution in [2.75, 3.05) is 13.1 Å². The van der Waals surface area contributed by atoms with Crippen molar-refractivity contribution in [2.24, 2.45) is 0 Å². The zero-order chi connectivity index (χ0) is 15.4. The highest BCUT2D eigenvalue weighted by Crippen LogP contribution is 2.28. The monoisotopic (exact) mass is 290 g/mol. The fraction of sp³-hybridized carbons (Fsp3) is 0.500. The van der Waals surface area contributed by atoms with Gasteiger partial charge in [0.2, 0.25) is 5.91 Å². The molecule has 0 spiro atoms. The molecule has 1 aliphatic rings. The molecule has 1 aliphatic heterocycles. The predicted molar refractivity (Wildman–Crippen MR) is 80.0 cm³/mol. The predicted octanol–water partition coefficient (Wildman–Crippen LogP) is 1.59. The molecule has 0 aliphatic carbocycles. The first kappa shape index (κ1) is 15.5. The Morgan fingerprint density at radius 3 is 2.81 bits per heavy atom. The van der Waals surface area contributed by atoms with Crippen molar-refractivity contribution in [3.63, 3.8) is 0 Å². The molecule has 0 fully saturated rings. The smallest absolute Gasteiger partial charge is 0.312 e. The lowest BCUT2D eigenvalue weighted by atomic mass is 9.90. The summed E-state index contributed by atoms with van der Waals surface area (Å²) in [5, 5.41) is 12.3. The van der Waals surface area contributed by atoms with Crippen LogP contribution < -0.4 is 5.32 Å². The number of aliphatic carboxylic acids is 1. The summed E-state index contributed by atoms with van der Waals surface area (Å²) in [7, 11) is 0. The van der Waals surface area contributed by atoms with Crippen LogP contribution in [0.25, 0.3) is 0 Å². The zero-order valence-electron chi connectivity index (χ0n) is 12.5. The van der Waals surface area contributed by atoms with E-state index in [2.05, 4.69) is 5.32 Å². The molecule has 0 saturated heterocycles. The Kier molecular flexibility index (Phi) is 4.96. The summed E-state index contributed by atoms with van der Waals surface area (Å²) >= 11 is 0. The maximum Gasteiger partial charge on any atom is 0.312 e. The van der Waals surface area contributed by atoms with Gasteiger partial charge in [-0.1, -0.05) is 31.2 Å². The van der Waals surface area contributed by atoms with Crippen LogP contribution in [-0.4, -0.2) is 41.0 Å². The first-order valence-corrected chi connectivity index (χ1v) is 7.33. The molecule has 2 rings (SSSR count). The van der Waals surface area contributed by atoms with Crippen molar-refractivity contribution in [2.45, 2.75) is 38.8 Å². The molecule has 2 N–H and O–H groups in total. The summed E-state index contributed by atoms with van der Waals surface area (Å²) in [5.74, 6) is -1.45. The fourth-order valence-electron chi connectivity index (χ4n) is 2.64. The van der Waals surface area contributed by atoms with Crippen molar-refractivity contribution in [3.05, 3.63) is 35.4 Å². The largest absolute Gasteiger partial charge is 0.481 e. The molecular weight excluding hydrogens is 268 g/mol. The maximum absolute atomic E-state index is 12.0. The van der Waals surface area contributed by atoms with E-state index >= 15 is 0 Å². The van der Waals surface area contributed by atoms with E-state index in [1.54, 1.807) is 0 Å². The van der Waals surface area contributed by atoms with Crippen LogP contribution in [0.15, 0.2) is 24.3 Å². The maximum atomic E-state index is 12.0. The number of carbonyl (C=O) groups excluding carboxylic acids is 1. The zero-order valence-corrected chi connectivity index (χ0v) is 12.5. The highest BCUT2D eigenvalue weighted by atomic mass is 16.4. The Morgan fingerprint density at radius 2 is 2.14 bits per heavy atom. The lowest BCUT2D eigenvalue weighted by Crippen LogP contribution is -2.44. The van der Waals surface area contributed by atoms with Gasteiger partial charge in [-0.25, -0.2) is 0 Å². The number of carbonyl (C=O) groups is 2. The standard InChI is InChI=1S/C16H22N2O3/c1-3-11(2)17-15(19)10-18-8-12-6-4-5-7-13(12)14(9-18)16(20)21/h4-7,11,14H,3,8-10H2,1-2H3,(H,17,19)(H,20,21). The fourth-order valence-corrected chi connectivity index (χ4v) is 2.64. The number of benzene rings is 1. The van der Waals surface area contributed by atoms with Crippen LogP contribution in [0.4, 0.5) is 0 Å². The number of hydrogen-bond acceptors (Lipinski definition) is 3. The first-order valence-electron chi connectivity index (χ1n) is 7.33. The van der Waals surface area contributed by atoms with E-state index in [0.717, 1.165) is 17.5 Å². The van der Waals surface area contributed by atoms with Gasteiger partial charge >= 0.3 is 5.97 Å². The molecule has 1 aromatic carbocycles. The second-order valence-corrected chi connectivity index (χ2v) is 5.64. The lowest BCUT2D eigenvalue weighted by molar-refractivity contribution is -0.140. The van der Waals surface area contributed by atoms with Crippen LogP contribution in [0.3, 0.4) is 0 Å². The van der Waals surface area contributed by atoms with Crippen molar-refractivity contribution in [1.29, 1.82) is 0 Å². The van der Waals surface area contributed by atoms with Gasteiger partial charge in [0, 0.05) is 19.1 Å². The van der Waals surface area contributed by atoms with E-state index in [0.29, 0.717) is 13.1 Å². The van der Waals surface area contributed by atoms with Crippen molar-refractivity contribution in [3.8, 4) is 0 Å². The van der Waals surface area contributed by atoms with Crippen LogP contribution in [-0.2, 0) is 16.1 Å². The summed E-state index contributed by atoms with van der Waals surface area (Å²) < 4.78 is 0. The molecule has 0 bridgehead atoms. The third kappa shape index (κ3) is 3.82. The lowest BCUT2D eigenvalue weighted by Gasteiger charge is -2.32. The molecule has 5 nitrogen and oxygen atoms in total. The number of carboxylic acids is 1. The van der Waals surface area contributed by atoms with Crippen molar-refractivity contribution in [1.82, 2.24) is 10.2 Å². The first-order chi connectivity index (χ1) is 10.0. The molecule has 114 valence electrons. The molecule has 2 atom stereocenters. The topological polar surface area (TPSA) is 69.6 Å². The molecule has 1 heterocycles. The Hall–Kier alpha value is -1.88. The van der Waals surface area contributed by atoms with Gasteiger partial charge < -0.3 is 10.4 Å². The highest BCUT2D eigenvalue weighted by Gasteiger charge is 2.30. The average molecular weight is 290 g/mol. The molecule has 0 radical (unpaired) electrons. The van der Waals surface area contributed by atoms with Gasteiger partial charge in [0.25, 0.3) is 0 Å². The minimum atomic E-state index is -0.838. The SMILES string of the molecule is CCC(C)NC(=O)CN1Cc2ccccc2C(C(=O)O)C1. The molecule has 2 unspecified atom stereocenters. The van der Waals surface area contributed by atoms with Crippen LogP contribution >= 0.6 is 0 Å². The molecule has 0 aromatic heterocycles. The van der Waals surface area contributed by atoms with E-state index in [9.17, 15) is 14.7 Å². The van der Waals surface area contributed by atoms with Gasteiger partial charge in [-0.05, 0) is 24.5 Å². The average Bonchev–Trinajstić information content (AvgIpc) is 2.45. The number of nitrogens with one attached hydrogen (secondary N) is 1. The number of carboxylic acid groups (broad SMARTS) is 1. The number of amides is 1. The number of hydrogen-bond donors (Lipinski definition) is 2. The van der Waals surface area contributed by atoms with Gasteiger partial charge in [-0.2, -0.15) is 0 Å². The summed E-state index contributed by atoms with van der Waals surface area (Å²) in [6, 6.07) is 7.71. The number of nitrogens with zero attached hydrogens (tertiary/aromatic N) is 1. The molecule has 0 saturated carbocycles. The van der Waals surface area contributed by atoms with E-state index in [-0.39, 0.29) is 18.5 Å². The van der Waals surface area contributed by atoms with Gasteiger partial charge in [0.15, 0.2) is 0 Å². The van der Waals surface area contributed by atoms with E-state index in [1.807, 2.05) is 43.0 Å². The number of fused-ring (bicyclic) bond motifs is 1. The molecule has 1 aromatic rings. The van der Waals surface area contributed by atoms with E-state index in [4.69, 9.17) is 0 Å². The summed E-state index contributed by atoms with van der Waals surface area (Å²) in [4.78, 5) is 25.3. The third-order valence-electron chi connectivity index (χ3n) is 3.95. The Morgan fingerprint density at radius 1 is 1.43 bits per heavy atom. The summed E-state index contributed by atoms with van der Waals surface area (Å²) in [6.07, 6.45) is 0.881. The molecule has 5 heteroatoms. The van der Waals surface area contributed by atoms with E-state index in [1.165, 1.54) is 0 Å². The van der Waals surface area contributed by atoms with Crippen molar-refractivity contribution >= 4 is 11.9 Å². The van der Waals surface area contributed by atoms with E-state index < -0.39 is 11.9 Å². The highest BCUT2D eigenvalue weighted by molar-refractivity contribution is 5.80. The van der Waals surface area contributed by atoms with Gasteiger partial charge in [-0.3, -0.25) is 14.5 Å². The van der Waals surface area contributed by atoms with Gasteiger partial charge in [-0.15, -0.1) is 0 Å². The normalized spacial score (nSPS) is 19.6. The third-order valence-corrected chi connectivity index (χ3v) is 3.95. The quantitative estimate of drug-likeness (QED) is 0.864. The van der Waals surface area contributed by atoms with Crippen LogP contribution in [0.2, 0.25) is 0 Å². The van der Waals surface area contributed by atoms with Crippen molar-refractivity contribution < 1.29 is 14.7 Å².